The van der Waals surface area contributed by atoms with Crippen LogP contribution in [0.5, 0.6) is 0 Å². The zero-order chi connectivity index (χ0) is 16.6. The van der Waals surface area contributed by atoms with Gasteiger partial charge in [-0.2, -0.15) is 0 Å². The molecule has 2 N–H and O–H groups in total. The van der Waals surface area contributed by atoms with Crippen molar-refractivity contribution in [3.63, 3.8) is 0 Å². The number of carbonyl (C=O) groups is 3. The topological polar surface area (TPSA) is 102 Å². The van der Waals surface area contributed by atoms with Crippen molar-refractivity contribution in [2.75, 3.05) is 14.2 Å². The first-order valence-corrected chi connectivity index (χ1v) is 6.87. The van der Waals surface area contributed by atoms with Gasteiger partial charge >= 0.3 is 11.9 Å². The standard InChI is InChI=1S/C14H25NO6/c1-8(2)6-11(16)12(17)15-10(14(19)21-5)7-9(3)13(18)20-4/h8-11,16H,6-7H2,1-5H3,(H,15,17)/t9-,10+,11+/m0/s1. The summed E-state index contributed by atoms with van der Waals surface area (Å²) >= 11 is 0. The zero-order valence-electron chi connectivity index (χ0n) is 13.2. The number of hydrogen-bond donors (Lipinski definition) is 2. The number of amides is 1. The number of hydrogen-bond acceptors (Lipinski definition) is 6. The van der Waals surface area contributed by atoms with Gasteiger partial charge < -0.3 is 19.9 Å². The van der Waals surface area contributed by atoms with Crippen LogP contribution >= 0.6 is 0 Å². The average molecular weight is 303 g/mol. The number of rotatable bonds is 8. The summed E-state index contributed by atoms with van der Waals surface area (Å²) in [5.74, 6) is -2.26. The van der Waals surface area contributed by atoms with Crippen molar-refractivity contribution < 1.29 is 29.0 Å². The maximum atomic E-state index is 11.8. The van der Waals surface area contributed by atoms with Crippen LogP contribution in [0.2, 0.25) is 0 Å². The van der Waals surface area contributed by atoms with Crippen molar-refractivity contribution in [1.82, 2.24) is 5.32 Å². The molecule has 0 aliphatic rings. The molecule has 0 rings (SSSR count). The highest BCUT2D eigenvalue weighted by atomic mass is 16.5. The van der Waals surface area contributed by atoms with E-state index in [4.69, 9.17) is 0 Å². The molecule has 0 saturated carbocycles. The van der Waals surface area contributed by atoms with Crippen LogP contribution in [-0.2, 0) is 23.9 Å². The van der Waals surface area contributed by atoms with Crippen LogP contribution in [0, 0.1) is 11.8 Å². The molecule has 0 saturated heterocycles. The van der Waals surface area contributed by atoms with E-state index in [0.717, 1.165) is 0 Å². The number of nitrogens with one attached hydrogen (secondary N) is 1. The lowest BCUT2D eigenvalue weighted by molar-refractivity contribution is -0.149. The summed E-state index contributed by atoms with van der Waals surface area (Å²) in [6.45, 7) is 5.32. The Hall–Kier alpha value is -1.63. The van der Waals surface area contributed by atoms with E-state index in [-0.39, 0.29) is 18.8 Å². The van der Waals surface area contributed by atoms with Gasteiger partial charge in [-0.15, -0.1) is 0 Å². The summed E-state index contributed by atoms with van der Waals surface area (Å²) in [7, 11) is 2.44. The van der Waals surface area contributed by atoms with Gasteiger partial charge in [0.1, 0.15) is 12.1 Å². The van der Waals surface area contributed by atoms with E-state index in [9.17, 15) is 19.5 Å². The molecule has 0 unspecified atom stereocenters. The lowest BCUT2D eigenvalue weighted by Gasteiger charge is -2.21. The summed E-state index contributed by atoms with van der Waals surface area (Å²) in [5, 5.41) is 12.1. The van der Waals surface area contributed by atoms with Crippen LogP contribution in [-0.4, -0.2) is 49.3 Å². The predicted octanol–water partition coefficient (Wildman–Crippen LogP) is 0.250. The van der Waals surface area contributed by atoms with Crippen LogP contribution in [0.1, 0.15) is 33.6 Å². The zero-order valence-corrected chi connectivity index (χ0v) is 13.2. The van der Waals surface area contributed by atoms with Gasteiger partial charge in [0.05, 0.1) is 20.1 Å². The third-order valence-corrected chi connectivity index (χ3v) is 2.99. The normalized spacial score (nSPS) is 15.0. The molecule has 0 fully saturated rings. The van der Waals surface area contributed by atoms with E-state index >= 15 is 0 Å². The first kappa shape index (κ1) is 19.4. The molecule has 0 spiro atoms. The Morgan fingerprint density at radius 1 is 1.00 bits per heavy atom. The number of methoxy groups -OCH3 is 2. The number of carbonyl (C=O) groups excluding carboxylic acids is 3. The number of esters is 2. The van der Waals surface area contributed by atoms with Crippen LogP contribution in [0.4, 0.5) is 0 Å². The van der Waals surface area contributed by atoms with E-state index in [2.05, 4.69) is 14.8 Å². The lowest BCUT2D eigenvalue weighted by Crippen LogP contribution is -2.47. The van der Waals surface area contributed by atoms with E-state index in [1.807, 2.05) is 13.8 Å². The first-order chi connectivity index (χ1) is 9.72. The highest BCUT2D eigenvalue weighted by Gasteiger charge is 2.29. The third-order valence-electron chi connectivity index (χ3n) is 2.99. The van der Waals surface area contributed by atoms with E-state index < -0.39 is 35.9 Å². The van der Waals surface area contributed by atoms with Gasteiger partial charge in [-0.1, -0.05) is 20.8 Å². The highest BCUT2D eigenvalue weighted by molar-refractivity contribution is 5.87. The van der Waals surface area contributed by atoms with Crippen molar-refractivity contribution >= 4 is 17.8 Å². The van der Waals surface area contributed by atoms with Crippen LogP contribution in [0.25, 0.3) is 0 Å². The second kappa shape index (κ2) is 9.33. The Balaban J connectivity index is 4.74. The van der Waals surface area contributed by atoms with Crippen LogP contribution in [0.3, 0.4) is 0 Å². The summed E-state index contributed by atoms with van der Waals surface area (Å²) < 4.78 is 9.18. The molecule has 122 valence electrons. The monoisotopic (exact) mass is 303 g/mol. The Bertz CT molecular complexity index is 368. The number of aliphatic hydroxyl groups excluding tert-OH is 1. The summed E-state index contributed by atoms with van der Waals surface area (Å²) in [5.41, 5.74) is 0. The van der Waals surface area contributed by atoms with Crippen molar-refractivity contribution in [3.05, 3.63) is 0 Å². The van der Waals surface area contributed by atoms with Crippen LogP contribution in [0.15, 0.2) is 0 Å². The SMILES string of the molecule is COC(=O)[C@@H](C)C[C@@H](NC(=O)[C@H](O)CC(C)C)C(=O)OC. The highest BCUT2D eigenvalue weighted by Crippen LogP contribution is 2.11. The molecule has 7 nitrogen and oxygen atoms in total. The predicted molar refractivity (Wildman–Crippen MR) is 75.2 cm³/mol. The molecule has 1 amide bonds. The van der Waals surface area contributed by atoms with E-state index in [1.54, 1.807) is 6.92 Å². The van der Waals surface area contributed by atoms with Crippen molar-refractivity contribution in [3.8, 4) is 0 Å². The Morgan fingerprint density at radius 3 is 1.95 bits per heavy atom. The minimum absolute atomic E-state index is 0.0412. The van der Waals surface area contributed by atoms with Gasteiger partial charge in [0, 0.05) is 0 Å². The van der Waals surface area contributed by atoms with Crippen molar-refractivity contribution in [2.45, 2.75) is 45.8 Å². The molecule has 0 aliphatic carbocycles. The lowest BCUT2D eigenvalue weighted by atomic mass is 10.0. The van der Waals surface area contributed by atoms with E-state index in [1.165, 1.54) is 14.2 Å². The molecular weight excluding hydrogens is 278 g/mol. The minimum Gasteiger partial charge on any atom is -0.469 e. The molecule has 0 radical (unpaired) electrons. The average Bonchev–Trinajstić information content (AvgIpc) is 2.43. The molecule has 0 aliphatic heterocycles. The molecule has 0 aromatic rings. The fourth-order valence-electron chi connectivity index (χ4n) is 1.83. The van der Waals surface area contributed by atoms with Gasteiger partial charge in [0.25, 0.3) is 0 Å². The molecule has 0 aromatic heterocycles. The number of ether oxygens (including phenoxy) is 2. The van der Waals surface area contributed by atoms with Gasteiger partial charge in [-0.3, -0.25) is 9.59 Å². The number of aliphatic hydroxyl groups is 1. The first-order valence-electron chi connectivity index (χ1n) is 6.87. The molecule has 21 heavy (non-hydrogen) atoms. The van der Waals surface area contributed by atoms with Gasteiger partial charge in [0.2, 0.25) is 5.91 Å². The Labute approximate surface area is 125 Å². The fraction of sp³-hybridized carbons (Fsp3) is 0.786. The smallest absolute Gasteiger partial charge is 0.328 e. The maximum absolute atomic E-state index is 11.8. The second-order valence-corrected chi connectivity index (χ2v) is 5.39. The fourth-order valence-corrected chi connectivity index (χ4v) is 1.83. The maximum Gasteiger partial charge on any atom is 0.328 e. The second-order valence-electron chi connectivity index (χ2n) is 5.39. The molecule has 0 heterocycles. The minimum atomic E-state index is -1.20. The van der Waals surface area contributed by atoms with Crippen molar-refractivity contribution in [2.24, 2.45) is 11.8 Å². The molecule has 0 bridgehead atoms. The third kappa shape index (κ3) is 7.08. The summed E-state index contributed by atoms with van der Waals surface area (Å²) in [6.07, 6.45) is -0.878. The molecule has 0 aromatic carbocycles. The summed E-state index contributed by atoms with van der Waals surface area (Å²) in [6, 6.07) is -1.00. The quantitative estimate of drug-likeness (QED) is 0.623. The van der Waals surface area contributed by atoms with Gasteiger partial charge in [-0.25, -0.2) is 4.79 Å². The Morgan fingerprint density at radius 2 is 1.52 bits per heavy atom. The van der Waals surface area contributed by atoms with Crippen molar-refractivity contribution in [1.29, 1.82) is 0 Å². The molecule has 7 heteroatoms. The largest absolute Gasteiger partial charge is 0.469 e. The molecular formula is C14H25NO6. The molecule has 3 atom stereocenters. The summed E-state index contributed by atoms with van der Waals surface area (Å²) in [4.78, 5) is 34.9. The van der Waals surface area contributed by atoms with Gasteiger partial charge in [-0.05, 0) is 18.8 Å². The van der Waals surface area contributed by atoms with Gasteiger partial charge in [0.15, 0.2) is 0 Å². The van der Waals surface area contributed by atoms with Crippen LogP contribution < -0.4 is 5.32 Å². The Kier molecular flexibility index (Phi) is 8.61. The van der Waals surface area contributed by atoms with E-state index in [0.29, 0.717) is 0 Å².